The van der Waals surface area contributed by atoms with Crippen molar-refractivity contribution in [2.24, 2.45) is 0 Å². The number of Topliss-reactive ketones (excluding diaryl/α,β-unsaturated/α-hetero) is 1. The summed E-state index contributed by atoms with van der Waals surface area (Å²) in [6, 6.07) is 9.45. The number of benzene rings is 1. The van der Waals surface area contributed by atoms with Gasteiger partial charge in [0.15, 0.2) is 0 Å². The highest BCUT2D eigenvalue weighted by Gasteiger charge is 2.36. The predicted octanol–water partition coefficient (Wildman–Crippen LogP) is 1.32. The monoisotopic (exact) mass is 277 g/mol. The number of rotatable bonds is 6. The summed E-state index contributed by atoms with van der Waals surface area (Å²) in [5.74, 6) is -0.919. The third-order valence-corrected chi connectivity index (χ3v) is 3.50. The van der Waals surface area contributed by atoms with Crippen LogP contribution in [0.2, 0.25) is 0 Å². The molecule has 0 bridgehead atoms. The van der Waals surface area contributed by atoms with E-state index in [-0.39, 0.29) is 24.5 Å². The molecule has 2 rings (SSSR count). The van der Waals surface area contributed by atoms with E-state index in [2.05, 4.69) is 0 Å². The van der Waals surface area contributed by atoms with Crippen LogP contribution in [0.1, 0.15) is 18.9 Å². The fraction of sp³-hybridized carbons (Fsp3) is 0.467. The number of likely N-dealkylation sites (tertiary alicyclic amines) is 1. The molecule has 20 heavy (non-hydrogen) atoms. The Morgan fingerprint density at radius 3 is 2.65 bits per heavy atom. The molecule has 1 aliphatic heterocycles. The van der Waals surface area contributed by atoms with Crippen molar-refractivity contribution in [1.29, 1.82) is 0 Å². The smallest absolute Gasteiger partial charge is 0.317 e. The average Bonchev–Trinajstić information content (AvgIpc) is 2.80. The van der Waals surface area contributed by atoms with E-state index in [4.69, 9.17) is 9.84 Å². The molecule has 0 radical (unpaired) electrons. The molecule has 0 amide bonds. The lowest BCUT2D eigenvalue weighted by atomic mass is 10.1. The molecule has 0 aliphatic carbocycles. The van der Waals surface area contributed by atoms with Crippen LogP contribution in [0.15, 0.2) is 30.3 Å². The zero-order valence-electron chi connectivity index (χ0n) is 11.5. The molecule has 0 spiro atoms. The number of carbonyl (C=O) groups is 2. The fourth-order valence-electron chi connectivity index (χ4n) is 2.54. The third-order valence-electron chi connectivity index (χ3n) is 3.50. The maximum Gasteiger partial charge on any atom is 0.317 e. The van der Waals surface area contributed by atoms with Crippen molar-refractivity contribution < 1.29 is 19.4 Å². The molecule has 1 fully saturated rings. The number of hydrogen-bond acceptors (Lipinski definition) is 4. The van der Waals surface area contributed by atoms with Crippen LogP contribution in [0, 0.1) is 0 Å². The zero-order chi connectivity index (χ0) is 14.5. The first-order valence-electron chi connectivity index (χ1n) is 6.68. The van der Waals surface area contributed by atoms with Gasteiger partial charge in [-0.05, 0) is 18.9 Å². The summed E-state index contributed by atoms with van der Waals surface area (Å²) in [6.07, 6.45) is 0.471. The summed E-state index contributed by atoms with van der Waals surface area (Å²) in [7, 11) is 0. The van der Waals surface area contributed by atoms with Crippen molar-refractivity contribution >= 4 is 11.8 Å². The molecule has 1 aromatic carbocycles. The highest BCUT2D eigenvalue weighted by molar-refractivity contribution is 5.82. The first kappa shape index (κ1) is 14.7. The van der Waals surface area contributed by atoms with Gasteiger partial charge in [0.2, 0.25) is 0 Å². The number of hydrogen-bond donors (Lipinski definition) is 1. The van der Waals surface area contributed by atoms with E-state index in [0.29, 0.717) is 19.6 Å². The average molecular weight is 277 g/mol. The molecule has 1 aromatic rings. The van der Waals surface area contributed by atoms with Gasteiger partial charge >= 0.3 is 5.97 Å². The van der Waals surface area contributed by atoms with Gasteiger partial charge in [0.1, 0.15) is 5.78 Å². The quantitative estimate of drug-likeness (QED) is 0.849. The lowest BCUT2D eigenvalue weighted by Crippen LogP contribution is -2.38. The van der Waals surface area contributed by atoms with Gasteiger partial charge in [-0.2, -0.15) is 0 Å². The van der Waals surface area contributed by atoms with Crippen LogP contribution < -0.4 is 0 Å². The maximum atomic E-state index is 11.6. The van der Waals surface area contributed by atoms with Gasteiger partial charge in [0.25, 0.3) is 0 Å². The molecular formula is C15H19NO4. The second-order valence-corrected chi connectivity index (χ2v) is 5.10. The van der Waals surface area contributed by atoms with Crippen LogP contribution in [0.25, 0.3) is 0 Å². The van der Waals surface area contributed by atoms with E-state index in [1.165, 1.54) is 6.92 Å². The summed E-state index contributed by atoms with van der Waals surface area (Å²) < 4.78 is 5.79. The minimum absolute atomic E-state index is 0.00272. The van der Waals surface area contributed by atoms with E-state index in [0.717, 1.165) is 5.56 Å². The molecule has 1 heterocycles. The summed E-state index contributed by atoms with van der Waals surface area (Å²) in [5, 5.41) is 8.87. The van der Waals surface area contributed by atoms with Gasteiger partial charge in [-0.3, -0.25) is 14.5 Å². The van der Waals surface area contributed by atoms with Crippen LogP contribution in [-0.4, -0.2) is 47.0 Å². The Morgan fingerprint density at radius 1 is 1.35 bits per heavy atom. The van der Waals surface area contributed by atoms with Gasteiger partial charge in [-0.15, -0.1) is 0 Å². The molecule has 1 N–H and O–H groups in total. The largest absolute Gasteiger partial charge is 0.480 e. The number of nitrogens with zero attached hydrogens (tertiary/aromatic N) is 1. The number of carboxylic acids is 1. The fourth-order valence-corrected chi connectivity index (χ4v) is 2.54. The topological polar surface area (TPSA) is 66.8 Å². The molecule has 1 saturated heterocycles. The highest BCUT2D eigenvalue weighted by Crippen LogP contribution is 2.21. The Balaban J connectivity index is 1.90. The SMILES string of the molecule is CC(=O)[C@H]1CC(OCc2ccccc2)CN1CC(=O)O. The number of aliphatic carboxylic acids is 1. The molecule has 1 aliphatic rings. The van der Waals surface area contributed by atoms with Gasteiger partial charge in [-0.1, -0.05) is 30.3 Å². The first-order chi connectivity index (χ1) is 9.56. The maximum absolute atomic E-state index is 11.6. The Morgan fingerprint density at radius 2 is 2.05 bits per heavy atom. The van der Waals surface area contributed by atoms with Crippen LogP contribution in [0.4, 0.5) is 0 Å². The lowest BCUT2D eigenvalue weighted by molar-refractivity contribution is -0.139. The minimum Gasteiger partial charge on any atom is -0.480 e. The van der Waals surface area contributed by atoms with E-state index in [9.17, 15) is 9.59 Å². The normalized spacial score (nSPS) is 22.9. The van der Waals surface area contributed by atoms with Gasteiger partial charge in [0, 0.05) is 6.54 Å². The zero-order valence-corrected chi connectivity index (χ0v) is 11.5. The summed E-state index contributed by atoms with van der Waals surface area (Å²) >= 11 is 0. The molecule has 108 valence electrons. The summed E-state index contributed by atoms with van der Waals surface area (Å²) in [4.78, 5) is 24.1. The van der Waals surface area contributed by atoms with Crippen molar-refractivity contribution in [3.63, 3.8) is 0 Å². The van der Waals surface area contributed by atoms with Gasteiger partial charge in [-0.25, -0.2) is 0 Å². The Kier molecular flexibility index (Phi) is 4.87. The molecule has 0 aromatic heterocycles. The van der Waals surface area contributed by atoms with Crippen molar-refractivity contribution in [1.82, 2.24) is 4.90 Å². The molecule has 2 atom stereocenters. The molecule has 1 unspecified atom stereocenters. The Hall–Kier alpha value is -1.72. The standard InChI is InChI=1S/C15H19NO4/c1-11(17)14-7-13(8-16(14)9-15(18)19)20-10-12-5-3-2-4-6-12/h2-6,13-14H,7-10H2,1H3,(H,18,19)/t13?,14-/m1/s1. The number of carbonyl (C=O) groups excluding carboxylic acids is 1. The Labute approximate surface area is 118 Å². The van der Waals surface area contributed by atoms with E-state index >= 15 is 0 Å². The van der Waals surface area contributed by atoms with Crippen molar-refractivity contribution in [2.45, 2.75) is 32.1 Å². The van der Waals surface area contributed by atoms with Crippen LogP contribution >= 0.6 is 0 Å². The second kappa shape index (κ2) is 6.63. The first-order valence-corrected chi connectivity index (χ1v) is 6.68. The number of ketones is 1. The van der Waals surface area contributed by atoms with Crippen molar-refractivity contribution in [3.8, 4) is 0 Å². The summed E-state index contributed by atoms with van der Waals surface area (Å²) in [5.41, 5.74) is 1.07. The minimum atomic E-state index is -0.917. The van der Waals surface area contributed by atoms with E-state index < -0.39 is 5.97 Å². The number of carboxylic acid groups (broad SMARTS) is 1. The third kappa shape index (κ3) is 3.88. The molecule has 0 saturated carbocycles. The molecule has 5 heteroatoms. The van der Waals surface area contributed by atoms with Crippen molar-refractivity contribution in [2.75, 3.05) is 13.1 Å². The number of ether oxygens (including phenoxy) is 1. The predicted molar refractivity (Wildman–Crippen MR) is 73.3 cm³/mol. The van der Waals surface area contributed by atoms with E-state index in [1.54, 1.807) is 4.90 Å². The Bertz CT molecular complexity index is 474. The molecule has 5 nitrogen and oxygen atoms in total. The highest BCUT2D eigenvalue weighted by atomic mass is 16.5. The second-order valence-electron chi connectivity index (χ2n) is 5.10. The van der Waals surface area contributed by atoms with Crippen molar-refractivity contribution in [3.05, 3.63) is 35.9 Å². The summed E-state index contributed by atoms with van der Waals surface area (Å²) in [6.45, 7) is 2.36. The lowest BCUT2D eigenvalue weighted by Gasteiger charge is -2.19. The van der Waals surface area contributed by atoms with Gasteiger partial charge < -0.3 is 9.84 Å². The molecular weight excluding hydrogens is 258 g/mol. The van der Waals surface area contributed by atoms with Crippen LogP contribution in [0.3, 0.4) is 0 Å². The van der Waals surface area contributed by atoms with Crippen LogP contribution in [0.5, 0.6) is 0 Å². The van der Waals surface area contributed by atoms with E-state index in [1.807, 2.05) is 30.3 Å². The van der Waals surface area contributed by atoms with Gasteiger partial charge in [0.05, 0.1) is 25.3 Å². The van der Waals surface area contributed by atoms with Crippen LogP contribution in [-0.2, 0) is 20.9 Å².